The number of aromatic amines is 1. The molecule has 2 aromatic heterocycles. The fourth-order valence-corrected chi connectivity index (χ4v) is 4.92. The Morgan fingerprint density at radius 3 is 2.70 bits per heavy atom. The maximum atomic E-state index is 13.0. The molecule has 4 heterocycles. The number of carbonyl (C=O) groups excluding carboxylic acids is 1. The van der Waals surface area contributed by atoms with Crippen molar-refractivity contribution in [1.82, 2.24) is 24.8 Å². The van der Waals surface area contributed by atoms with Crippen LogP contribution in [0.4, 0.5) is 0 Å². The molecule has 158 valence electrons. The minimum Gasteiger partial charge on any atom is -0.332 e. The number of rotatable bonds is 4. The van der Waals surface area contributed by atoms with Gasteiger partial charge in [-0.25, -0.2) is 4.98 Å². The predicted octanol–water partition coefficient (Wildman–Crippen LogP) is 2.58. The van der Waals surface area contributed by atoms with Crippen LogP contribution >= 0.6 is 0 Å². The number of hydrogen-bond donors (Lipinski definition) is 1. The van der Waals surface area contributed by atoms with Gasteiger partial charge in [0.2, 0.25) is 5.91 Å². The highest BCUT2D eigenvalue weighted by Gasteiger charge is 2.36. The lowest BCUT2D eigenvalue weighted by Crippen LogP contribution is -2.45. The lowest BCUT2D eigenvalue weighted by atomic mass is 9.83. The molecule has 1 aliphatic carbocycles. The number of aromatic nitrogens is 3. The highest BCUT2D eigenvalue weighted by atomic mass is 16.2. The van der Waals surface area contributed by atoms with Crippen LogP contribution in [0.25, 0.3) is 0 Å². The number of nitrogens with zero attached hydrogens (tertiary/aromatic N) is 4. The van der Waals surface area contributed by atoms with Crippen molar-refractivity contribution in [3.63, 3.8) is 0 Å². The van der Waals surface area contributed by atoms with Crippen LogP contribution in [0, 0.1) is 5.92 Å². The predicted molar refractivity (Wildman–Crippen MR) is 113 cm³/mol. The zero-order valence-corrected chi connectivity index (χ0v) is 17.3. The van der Waals surface area contributed by atoms with E-state index >= 15 is 0 Å². The molecule has 0 aromatic carbocycles. The smallest absolute Gasteiger partial charge is 0.254 e. The zero-order chi connectivity index (χ0) is 20.5. The zero-order valence-electron chi connectivity index (χ0n) is 17.3. The number of nitrogens with one attached hydrogen (secondary N) is 1. The van der Waals surface area contributed by atoms with Gasteiger partial charge in [-0.15, -0.1) is 0 Å². The second-order valence-corrected chi connectivity index (χ2v) is 8.86. The summed E-state index contributed by atoms with van der Waals surface area (Å²) in [5.41, 5.74) is 2.86. The van der Waals surface area contributed by atoms with E-state index < -0.39 is 0 Å². The molecule has 0 bridgehead atoms. The van der Waals surface area contributed by atoms with Gasteiger partial charge >= 0.3 is 0 Å². The van der Waals surface area contributed by atoms with E-state index in [9.17, 15) is 9.59 Å². The van der Waals surface area contributed by atoms with Crippen molar-refractivity contribution in [3.05, 3.63) is 57.5 Å². The summed E-state index contributed by atoms with van der Waals surface area (Å²) in [7, 11) is 0. The molecule has 2 fully saturated rings. The number of likely N-dealkylation sites (tertiary alicyclic amines) is 1. The van der Waals surface area contributed by atoms with Crippen LogP contribution in [-0.4, -0.2) is 43.7 Å². The third kappa shape index (κ3) is 3.78. The summed E-state index contributed by atoms with van der Waals surface area (Å²) in [6.45, 7) is 3.10. The molecule has 7 heteroatoms. The highest BCUT2D eigenvalue weighted by Crippen LogP contribution is 2.35. The summed E-state index contributed by atoms with van der Waals surface area (Å²) in [4.78, 5) is 42.2. The van der Waals surface area contributed by atoms with Gasteiger partial charge in [-0.3, -0.25) is 19.5 Å². The quantitative estimate of drug-likeness (QED) is 0.842. The van der Waals surface area contributed by atoms with Crippen LogP contribution < -0.4 is 5.56 Å². The SMILES string of the molecule is O=C(C1CCC1)N1CCCC[C@@H]1c1nc2c(c(=O)[nH]1)CCN(Cc1ccncc1)C2. The third-order valence-electron chi connectivity index (χ3n) is 6.88. The van der Waals surface area contributed by atoms with E-state index in [1.54, 1.807) is 0 Å². The number of piperidine rings is 1. The lowest BCUT2D eigenvalue weighted by Gasteiger charge is -2.39. The molecule has 0 spiro atoms. The largest absolute Gasteiger partial charge is 0.332 e. The summed E-state index contributed by atoms with van der Waals surface area (Å²) in [5.74, 6) is 1.10. The van der Waals surface area contributed by atoms with Crippen LogP contribution in [0.15, 0.2) is 29.3 Å². The Labute approximate surface area is 176 Å². The van der Waals surface area contributed by atoms with Crippen LogP contribution in [0.2, 0.25) is 0 Å². The molecule has 1 amide bonds. The normalized spacial score (nSPS) is 22.4. The van der Waals surface area contributed by atoms with E-state index in [0.29, 0.717) is 18.8 Å². The summed E-state index contributed by atoms with van der Waals surface area (Å²) in [5, 5.41) is 0. The second-order valence-electron chi connectivity index (χ2n) is 8.86. The summed E-state index contributed by atoms with van der Waals surface area (Å²) in [6.07, 6.45) is 10.4. The first-order valence-electron chi connectivity index (χ1n) is 11.2. The van der Waals surface area contributed by atoms with Crippen molar-refractivity contribution in [2.75, 3.05) is 13.1 Å². The number of H-pyrrole nitrogens is 1. The monoisotopic (exact) mass is 407 g/mol. The van der Waals surface area contributed by atoms with E-state index in [1.807, 2.05) is 29.4 Å². The average molecular weight is 408 g/mol. The Morgan fingerprint density at radius 1 is 1.10 bits per heavy atom. The van der Waals surface area contributed by atoms with E-state index in [2.05, 4.69) is 14.9 Å². The van der Waals surface area contributed by atoms with Gasteiger partial charge in [0.1, 0.15) is 5.82 Å². The molecule has 0 unspecified atom stereocenters. The first kappa shape index (κ1) is 19.4. The fraction of sp³-hybridized carbons (Fsp3) is 0.565. The average Bonchev–Trinajstić information content (AvgIpc) is 2.73. The first-order chi connectivity index (χ1) is 14.7. The van der Waals surface area contributed by atoms with Gasteiger partial charge in [0.05, 0.1) is 11.7 Å². The Kier molecular flexibility index (Phi) is 5.37. The van der Waals surface area contributed by atoms with Gasteiger partial charge in [-0.1, -0.05) is 6.42 Å². The standard InChI is InChI=1S/C23H29N5O2/c29-22-18-9-13-27(14-16-7-10-24-11-8-16)15-19(18)25-21(26-22)20-6-1-2-12-28(20)23(30)17-4-3-5-17/h7-8,10-11,17,20H,1-6,9,12-15H2,(H,25,26,29)/t20-/m1/s1. The topological polar surface area (TPSA) is 82.2 Å². The Balaban J connectivity index is 1.39. The molecule has 7 nitrogen and oxygen atoms in total. The van der Waals surface area contributed by atoms with E-state index in [-0.39, 0.29) is 23.4 Å². The Morgan fingerprint density at radius 2 is 1.93 bits per heavy atom. The molecule has 1 N–H and O–H groups in total. The van der Waals surface area contributed by atoms with Crippen LogP contribution in [0.3, 0.4) is 0 Å². The molecule has 1 atom stereocenters. The number of pyridine rings is 1. The fourth-order valence-electron chi connectivity index (χ4n) is 4.92. The van der Waals surface area contributed by atoms with E-state index in [1.165, 1.54) is 5.56 Å². The molecular weight excluding hydrogens is 378 g/mol. The van der Waals surface area contributed by atoms with Crippen molar-refractivity contribution < 1.29 is 4.79 Å². The summed E-state index contributed by atoms with van der Waals surface area (Å²) in [6, 6.07) is 3.96. The van der Waals surface area contributed by atoms with E-state index in [0.717, 1.165) is 69.4 Å². The summed E-state index contributed by atoms with van der Waals surface area (Å²) < 4.78 is 0. The van der Waals surface area contributed by atoms with Gasteiger partial charge in [0.25, 0.3) is 5.56 Å². The van der Waals surface area contributed by atoms with Crippen LogP contribution in [0.5, 0.6) is 0 Å². The molecule has 2 aliphatic heterocycles. The van der Waals surface area contributed by atoms with Gasteiger partial charge < -0.3 is 9.88 Å². The third-order valence-corrected chi connectivity index (χ3v) is 6.88. The molecular formula is C23H29N5O2. The highest BCUT2D eigenvalue weighted by molar-refractivity contribution is 5.80. The lowest BCUT2D eigenvalue weighted by molar-refractivity contribution is -0.142. The molecule has 0 radical (unpaired) electrons. The van der Waals surface area contributed by atoms with Crippen molar-refractivity contribution in [3.8, 4) is 0 Å². The van der Waals surface area contributed by atoms with Gasteiger partial charge in [0, 0.05) is 50.1 Å². The van der Waals surface area contributed by atoms with Crippen molar-refractivity contribution in [1.29, 1.82) is 0 Å². The second kappa shape index (κ2) is 8.30. The maximum Gasteiger partial charge on any atom is 0.254 e. The molecule has 5 rings (SSSR count). The van der Waals surface area contributed by atoms with Gasteiger partial charge in [-0.05, 0) is 56.2 Å². The van der Waals surface area contributed by atoms with Gasteiger partial charge in [0.15, 0.2) is 0 Å². The number of fused-ring (bicyclic) bond motifs is 1. The number of carbonyl (C=O) groups is 1. The van der Waals surface area contributed by atoms with Crippen LogP contribution in [-0.2, 0) is 24.3 Å². The van der Waals surface area contributed by atoms with Crippen molar-refractivity contribution >= 4 is 5.91 Å². The Hall–Kier alpha value is -2.54. The van der Waals surface area contributed by atoms with Crippen LogP contribution in [0.1, 0.15) is 67.2 Å². The minimum atomic E-state index is -0.0968. The molecule has 30 heavy (non-hydrogen) atoms. The van der Waals surface area contributed by atoms with Gasteiger partial charge in [-0.2, -0.15) is 0 Å². The maximum absolute atomic E-state index is 13.0. The van der Waals surface area contributed by atoms with E-state index in [4.69, 9.17) is 4.98 Å². The number of hydrogen-bond acceptors (Lipinski definition) is 5. The number of amides is 1. The van der Waals surface area contributed by atoms with Crippen molar-refractivity contribution in [2.24, 2.45) is 5.92 Å². The molecule has 1 saturated heterocycles. The van der Waals surface area contributed by atoms with Crippen molar-refractivity contribution in [2.45, 2.75) is 64.1 Å². The Bertz CT molecular complexity index is 969. The first-order valence-corrected chi connectivity index (χ1v) is 11.2. The molecule has 2 aromatic rings. The molecule has 3 aliphatic rings. The molecule has 1 saturated carbocycles. The minimum absolute atomic E-state index is 0.0276. The summed E-state index contributed by atoms with van der Waals surface area (Å²) >= 11 is 0.